The molecule has 0 saturated heterocycles. The van der Waals surface area contributed by atoms with E-state index in [0.717, 1.165) is 17.0 Å². The summed E-state index contributed by atoms with van der Waals surface area (Å²) in [7, 11) is 0. The fourth-order valence-corrected chi connectivity index (χ4v) is 1.86. The first-order chi connectivity index (χ1) is 10.2. The molecule has 1 amide bonds. The highest BCUT2D eigenvalue weighted by molar-refractivity contribution is 5.67. The molecule has 0 fully saturated rings. The first-order valence-electron chi connectivity index (χ1n) is 7.65. The average Bonchev–Trinajstić information content (AvgIpc) is 2.33. The Balaban J connectivity index is 2.38. The highest BCUT2D eigenvalue weighted by Gasteiger charge is 2.15. The lowest BCUT2D eigenvalue weighted by atomic mass is 10.2. The lowest BCUT2D eigenvalue weighted by Crippen LogP contribution is -2.35. The zero-order valence-corrected chi connectivity index (χ0v) is 14.4. The molecule has 5 heteroatoms. The molecule has 0 heterocycles. The minimum atomic E-state index is -0.472. The van der Waals surface area contributed by atoms with Crippen molar-refractivity contribution in [2.75, 3.05) is 18.4 Å². The molecule has 0 saturated carbocycles. The third kappa shape index (κ3) is 7.20. The maximum atomic E-state index is 11.5. The van der Waals surface area contributed by atoms with E-state index in [4.69, 9.17) is 9.47 Å². The van der Waals surface area contributed by atoms with Gasteiger partial charge in [-0.1, -0.05) is 0 Å². The van der Waals surface area contributed by atoms with Crippen LogP contribution in [0.2, 0.25) is 0 Å². The summed E-state index contributed by atoms with van der Waals surface area (Å²) in [6.45, 7) is 12.7. The van der Waals surface area contributed by atoms with Crippen molar-refractivity contribution in [2.45, 2.75) is 53.2 Å². The largest absolute Gasteiger partial charge is 0.491 e. The number of amides is 1. The van der Waals surface area contributed by atoms with E-state index in [1.54, 1.807) is 0 Å². The molecule has 0 spiro atoms. The van der Waals surface area contributed by atoms with Crippen molar-refractivity contribution >= 4 is 11.8 Å². The molecule has 0 atom stereocenters. The first-order valence-corrected chi connectivity index (χ1v) is 7.65. The maximum absolute atomic E-state index is 11.5. The van der Waals surface area contributed by atoms with Gasteiger partial charge in [0.1, 0.15) is 11.4 Å². The van der Waals surface area contributed by atoms with Crippen LogP contribution in [0.4, 0.5) is 10.5 Å². The van der Waals surface area contributed by atoms with Crippen LogP contribution in [-0.2, 0) is 4.74 Å². The van der Waals surface area contributed by atoms with Gasteiger partial charge in [0.15, 0.2) is 0 Å². The average molecular weight is 308 g/mol. The fraction of sp³-hybridized carbons (Fsp3) is 0.588. The van der Waals surface area contributed by atoms with E-state index in [1.807, 2.05) is 59.7 Å². The van der Waals surface area contributed by atoms with Gasteiger partial charge in [0.2, 0.25) is 0 Å². The predicted octanol–water partition coefficient (Wildman–Crippen LogP) is 3.72. The number of carbonyl (C=O) groups excluding carboxylic acids is 1. The summed E-state index contributed by atoms with van der Waals surface area (Å²) in [6.07, 6.45) is -0.233. The van der Waals surface area contributed by atoms with Crippen LogP contribution in [0.1, 0.15) is 40.2 Å². The van der Waals surface area contributed by atoms with Crippen LogP contribution in [0.5, 0.6) is 5.75 Å². The molecule has 1 rings (SSSR count). The van der Waals surface area contributed by atoms with E-state index in [0.29, 0.717) is 13.1 Å². The van der Waals surface area contributed by atoms with E-state index in [9.17, 15) is 4.79 Å². The van der Waals surface area contributed by atoms with E-state index in [-0.39, 0.29) is 6.10 Å². The van der Waals surface area contributed by atoms with Crippen LogP contribution in [0.3, 0.4) is 0 Å². The molecule has 0 aromatic heterocycles. The SMILES string of the molecule is Cc1cc(OC(C)C)ccc1NCCNC(=O)OC(C)(C)C. The van der Waals surface area contributed by atoms with Gasteiger partial charge in [-0.3, -0.25) is 0 Å². The standard InChI is InChI=1S/C17H28N2O3/c1-12(2)21-14-7-8-15(13(3)11-14)18-9-10-19-16(20)22-17(4,5)6/h7-8,11-12,18H,9-10H2,1-6H3,(H,19,20). The van der Waals surface area contributed by atoms with Gasteiger partial charge in [-0.15, -0.1) is 0 Å². The van der Waals surface area contributed by atoms with Crippen molar-refractivity contribution < 1.29 is 14.3 Å². The third-order valence-corrected chi connectivity index (χ3v) is 2.68. The molecule has 0 aliphatic carbocycles. The molecular formula is C17H28N2O3. The van der Waals surface area contributed by atoms with E-state index in [2.05, 4.69) is 10.6 Å². The summed E-state index contributed by atoms with van der Waals surface area (Å²) in [5.41, 5.74) is 1.66. The van der Waals surface area contributed by atoms with Gasteiger partial charge in [0, 0.05) is 18.8 Å². The number of aryl methyl sites for hydroxylation is 1. The number of ether oxygens (including phenoxy) is 2. The summed E-state index contributed by atoms with van der Waals surface area (Å²) >= 11 is 0. The van der Waals surface area contributed by atoms with Gasteiger partial charge in [0.05, 0.1) is 6.10 Å². The smallest absolute Gasteiger partial charge is 0.407 e. The van der Waals surface area contributed by atoms with Crippen molar-refractivity contribution in [1.82, 2.24) is 5.32 Å². The summed E-state index contributed by atoms with van der Waals surface area (Å²) < 4.78 is 10.8. The van der Waals surface area contributed by atoms with E-state index in [1.165, 1.54) is 0 Å². The van der Waals surface area contributed by atoms with Crippen LogP contribution in [0.25, 0.3) is 0 Å². The number of nitrogens with one attached hydrogen (secondary N) is 2. The molecule has 22 heavy (non-hydrogen) atoms. The molecule has 0 aliphatic rings. The normalized spacial score (nSPS) is 11.2. The number of rotatable bonds is 6. The molecular weight excluding hydrogens is 280 g/mol. The molecule has 0 bridgehead atoms. The van der Waals surface area contributed by atoms with Crippen LogP contribution >= 0.6 is 0 Å². The minimum absolute atomic E-state index is 0.163. The Morgan fingerprint density at radius 3 is 2.45 bits per heavy atom. The Labute approximate surface area is 133 Å². The first kappa shape index (κ1) is 18.1. The Morgan fingerprint density at radius 2 is 1.91 bits per heavy atom. The van der Waals surface area contributed by atoms with Crippen molar-refractivity contribution in [3.8, 4) is 5.75 Å². The van der Waals surface area contributed by atoms with Gasteiger partial charge < -0.3 is 20.1 Å². The topological polar surface area (TPSA) is 59.6 Å². The monoisotopic (exact) mass is 308 g/mol. The van der Waals surface area contributed by atoms with Crippen LogP contribution < -0.4 is 15.4 Å². The summed E-state index contributed by atoms with van der Waals surface area (Å²) in [5.74, 6) is 0.866. The molecule has 0 unspecified atom stereocenters. The molecule has 0 aliphatic heterocycles. The number of anilines is 1. The second-order valence-electron chi connectivity index (χ2n) is 6.50. The lowest BCUT2D eigenvalue weighted by Gasteiger charge is -2.20. The number of hydrogen-bond donors (Lipinski definition) is 2. The van der Waals surface area contributed by atoms with Crippen molar-refractivity contribution in [2.24, 2.45) is 0 Å². The van der Waals surface area contributed by atoms with Crippen LogP contribution in [0.15, 0.2) is 18.2 Å². The predicted molar refractivity (Wildman–Crippen MR) is 89.7 cm³/mol. The van der Waals surface area contributed by atoms with Gasteiger partial charge in [-0.05, 0) is 65.3 Å². The summed E-state index contributed by atoms with van der Waals surface area (Å²) in [5, 5.41) is 6.00. The van der Waals surface area contributed by atoms with E-state index >= 15 is 0 Å². The maximum Gasteiger partial charge on any atom is 0.407 e. The summed E-state index contributed by atoms with van der Waals surface area (Å²) in [4.78, 5) is 11.5. The van der Waals surface area contributed by atoms with Crippen molar-refractivity contribution in [1.29, 1.82) is 0 Å². The molecule has 5 nitrogen and oxygen atoms in total. The van der Waals surface area contributed by atoms with E-state index < -0.39 is 11.7 Å². The minimum Gasteiger partial charge on any atom is -0.491 e. The van der Waals surface area contributed by atoms with Gasteiger partial charge in [0.25, 0.3) is 0 Å². The number of alkyl carbamates (subject to hydrolysis) is 1. The highest BCUT2D eigenvalue weighted by Crippen LogP contribution is 2.21. The number of carbonyl (C=O) groups is 1. The summed E-state index contributed by atoms with van der Waals surface area (Å²) in [6, 6.07) is 5.93. The Bertz CT molecular complexity index is 493. The van der Waals surface area contributed by atoms with Gasteiger partial charge in [-0.2, -0.15) is 0 Å². The van der Waals surface area contributed by atoms with Gasteiger partial charge in [-0.25, -0.2) is 4.79 Å². The number of benzene rings is 1. The quantitative estimate of drug-likeness (QED) is 0.786. The molecule has 0 radical (unpaired) electrons. The third-order valence-electron chi connectivity index (χ3n) is 2.68. The second-order valence-corrected chi connectivity index (χ2v) is 6.50. The lowest BCUT2D eigenvalue weighted by molar-refractivity contribution is 0.0530. The number of hydrogen-bond acceptors (Lipinski definition) is 4. The fourth-order valence-electron chi connectivity index (χ4n) is 1.86. The van der Waals surface area contributed by atoms with Crippen LogP contribution in [0, 0.1) is 6.92 Å². The Kier molecular flexibility index (Phi) is 6.53. The molecule has 124 valence electrons. The molecule has 1 aromatic rings. The highest BCUT2D eigenvalue weighted by atomic mass is 16.6. The zero-order chi connectivity index (χ0) is 16.8. The molecule has 1 aromatic carbocycles. The Hall–Kier alpha value is -1.91. The Morgan fingerprint density at radius 1 is 1.23 bits per heavy atom. The van der Waals surface area contributed by atoms with Crippen molar-refractivity contribution in [3.63, 3.8) is 0 Å². The molecule has 2 N–H and O–H groups in total. The zero-order valence-electron chi connectivity index (χ0n) is 14.4. The van der Waals surface area contributed by atoms with Gasteiger partial charge >= 0.3 is 6.09 Å². The second kappa shape index (κ2) is 7.92. The van der Waals surface area contributed by atoms with Crippen molar-refractivity contribution in [3.05, 3.63) is 23.8 Å². The van der Waals surface area contributed by atoms with Crippen LogP contribution in [-0.4, -0.2) is 30.9 Å².